The smallest absolute Gasteiger partial charge is 0.153 e. The number of rotatable bonds is 6. The Morgan fingerprint density at radius 1 is 1.15 bits per heavy atom. The maximum atomic E-state index is 11.8. The van der Waals surface area contributed by atoms with E-state index >= 15 is 0 Å². The van der Waals surface area contributed by atoms with Crippen molar-refractivity contribution in [2.45, 2.75) is 24.6 Å². The van der Waals surface area contributed by atoms with Crippen LogP contribution in [-0.4, -0.2) is 26.0 Å². The highest BCUT2D eigenvalue weighted by molar-refractivity contribution is 7.92. The maximum absolute atomic E-state index is 11.8. The Bertz CT molecular complexity index is 594. The van der Waals surface area contributed by atoms with Crippen LogP contribution >= 0.6 is 22.7 Å². The highest BCUT2D eigenvalue weighted by Crippen LogP contribution is 2.29. The molecule has 0 unspecified atom stereocenters. The van der Waals surface area contributed by atoms with Gasteiger partial charge in [-0.25, -0.2) is 8.42 Å². The van der Waals surface area contributed by atoms with E-state index < -0.39 is 14.6 Å². The summed E-state index contributed by atoms with van der Waals surface area (Å²) in [6.45, 7) is 3.94. The first kappa shape index (κ1) is 15.7. The summed E-state index contributed by atoms with van der Waals surface area (Å²) < 4.78 is 22.8. The van der Waals surface area contributed by atoms with Crippen LogP contribution in [0.3, 0.4) is 0 Å². The molecular formula is C14H19NO2S3. The van der Waals surface area contributed by atoms with Gasteiger partial charge in [-0.05, 0) is 36.7 Å². The minimum atomic E-state index is -3.09. The van der Waals surface area contributed by atoms with Crippen LogP contribution in [0.4, 0.5) is 0 Å². The lowest BCUT2D eigenvalue weighted by molar-refractivity contribution is 0.504. The van der Waals surface area contributed by atoms with Crippen molar-refractivity contribution in [1.82, 2.24) is 5.32 Å². The molecule has 0 bridgehead atoms. The second-order valence-corrected chi connectivity index (χ2v) is 9.98. The summed E-state index contributed by atoms with van der Waals surface area (Å²) in [6, 6.07) is 8.26. The molecule has 2 aromatic rings. The number of thiophene rings is 2. The van der Waals surface area contributed by atoms with Crippen LogP contribution in [0.15, 0.2) is 35.0 Å². The normalized spacial score (nSPS) is 13.0. The van der Waals surface area contributed by atoms with Crippen molar-refractivity contribution in [1.29, 1.82) is 0 Å². The number of hydrogen-bond donors (Lipinski definition) is 1. The SMILES string of the molecule is CC(C)(CNC(c1cccs1)c1cccs1)S(C)(=O)=O. The number of hydrogen-bond acceptors (Lipinski definition) is 5. The first-order chi connectivity index (χ1) is 9.31. The van der Waals surface area contributed by atoms with E-state index in [0.717, 1.165) is 0 Å². The van der Waals surface area contributed by atoms with Crippen LogP contribution in [-0.2, 0) is 9.84 Å². The number of nitrogens with one attached hydrogen (secondary N) is 1. The predicted molar refractivity (Wildman–Crippen MR) is 87.4 cm³/mol. The molecule has 3 nitrogen and oxygen atoms in total. The summed E-state index contributed by atoms with van der Waals surface area (Å²) in [5.74, 6) is 0. The van der Waals surface area contributed by atoms with Crippen LogP contribution in [0.25, 0.3) is 0 Å². The van der Waals surface area contributed by atoms with Crippen LogP contribution in [0.2, 0.25) is 0 Å². The van der Waals surface area contributed by atoms with Gasteiger partial charge in [0.05, 0.1) is 10.8 Å². The Kier molecular flexibility index (Phi) is 4.69. The van der Waals surface area contributed by atoms with Gasteiger partial charge in [0.1, 0.15) is 0 Å². The minimum Gasteiger partial charge on any atom is -0.303 e. The average molecular weight is 330 g/mol. The van der Waals surface area contributed by atoms with Gasteiger partial charge in [-0.15, -0.1) is 22.7 Å². The summed E-state index contributed by atoms with van der Waals surface area (Å²) in [5, 5.41) is 7.50. The van der Waals surface area contributed by atoms with Crippen molar-refractivity contribution in [3.05, 3.63) is 44.8 Å². The van der Waals surface area contributed by atoms with E-state index in [-0.39, 0.29) is 6.04 Å². The Labute approximate surface area is 128 Å². The van der Waals surface area contributed by atoms with Crippen LogP contribution in [0.1, 0.15) is 29.6 Å². The van der Waals surface area contributed by atoms with Gasteiger partial charge >= 0.3 is 0 Å². The molecule has 0 aliphatic carbocycles. The van der Waals surface area contributed by atoms with E-state index in [9.17, 15) is 8.42 Å². The van der Waals surface area contributed by atoms with Gasteiger partial charge in [0.15, 0.2) is 9.84 Å². The molecule has 0 aliphatic heterocycles. The Morgan fingerprint density at radius 3 is 2.00 bits per heavy atom. The van der Waals surface area contributed by atoms with Crippen LogP contribution in [0, 0.1) is 0 Å². The van der Waals surface area contributed by atoms with E-state index in [1.807, 2.05) is 22.9 Å². The largest absolute Gasteiger partial charge is 0.303 e. The second kappa shape index (κ2) is 5.97. The first-order valence-corrected chi connectivity index (χ1v) is 9.96. The van der Waals surface area contributed by atoms with Gasteiger partial charge in [-0.3, -0.25) is 0 Å². The molecule has 2 heterocycles. The molecule has 20 heavy (non-hydrogen) atoms. The van der Waals surface area contributed by atoms with E-state index in [1.54, 1.807) is 36.5 Å². The lowest BCUT2D eigenvalue weighted by atomic mass is 10.1. The van der Waals surface area contributed by atoms with Crippen LogP contribution < -0.4 is 5.32 Å². The summed E-state index contributed by atoms with van der Waals surface area (Å²) in [4.78, 5) is 2.41. The molecule has 0 aliphatic rings. The Morgan fingerprint density at radius 2 is 1.65 bits per heavy atom. The van der Waals surface area contributed by atoms with E-state index in [0.29, 0.717) is 6.54 Å². The van der Waals surface area contributed by atoms with Crippen molar-refractivity contribution in [3.8, 4) is 0 Å². The second-order valence-electron chi connectivity index (χ2n) is 5.38. The number of sulfone groups is 1. The fraction of sp³-hybridized carbons (Fsp3) is 0.429. The third-order valence-electron chi connectivity index (χ3n) is 3.39. The van der Waals surface area contributed by atoms with Crippen LogP contribution in [0.5, 0.6) is 0 Å². The topological polar surface area (TPSA) is 46.2 Å². The molecule has 110 valence electrons. The zero-order valence-electron chi connectivity index (χ0n) is 11.8. The highest BCUT2D eigenvalue weighted by Gasteiger charge is 2.31. The average Bonchev–Trinajstić information content (AvgIpc) is 2.99. The molecule has 0 spiro atoms. The minimum absolute atomic E-state index is 0.0658. The van der Waals surface area contributed by atoms with Gasteiger partial charge in [0.25, 0.3) is 0 Å². The lowest BCUT2D eigenvalue weighted by Crippen LogP contribution is -2.42. The van der Waals surface area contributed by atoms with Gasteiger partial charge < -0.3 is 5.32 Å². The Balaban J connectivity index is 2.19. The zero-order valence-corrected chi connectivity index (χ0v) is 14.2. The molecule has 2 rings (SSSR count). The van der Waals surface area contributed by atoms with Crippen molar-refractivity contribution >= 4 is 32.5 Å². The summed E-state index contributed by atoms with van der Waals surface area (Å²) in [6.07, 6.45) is 1.29. The zero-order chi connectivity index (χ0) is 14.8. The van der Waals surface area contributed by atoms with E-state index in [4.69, 9.17) is 0 Å². The van der Waals surface area contributed by atoms with Gasteiger partial charge in [-0.1, -0.05) is 12.1 Å². The predicted octanol–water partition coefficient (Wildman–Crippen LogP) is 3.31. The lowest BCUT2D eigenvalue weighted by Gasteiger charge is -2.26. The van der Waals surface area contributed by atoms with Gasteiger partial charge in [-0.2, -0.15) is 0 Å². The monoisotopic (exact) mass is 329 g/mol. The fourth-order valence-corrected chi connectivity index (χ4v) is 3.79. The molecule has 0 saturated heterocycles. The molecule has 1 N–H and O–H groups in total. The van der Waals surface area contributed by atoms with Crippen molar-refractivity contribution in [2.75, 3.05) is 12.8 Å². The van der Waals surface area contributed by atoms with Crippen molar-refractivity contribution in [3.63, 3.8) is 0 Å². The molecule has 0 radical (unpaired) electrons. The summed E-state index contributed by atoms with van der Waals surface area (Å²) in [7, 11) is -3.09. The van der Waals surface area contributed by atoms with E-state index in [2.05, 4.69) is 17.4 Å². The van der Waals surface area contributed by atoms with E-state index in [1.165, 1.54) is 16.0 Å². The quantitative estimate of drug-likeness (QED) is 0.884. The third kappa shape index (κ3) is 3.49. The third-order valence-corrected chi connectivity index (χ3v) is 7.42. The van der Waals surface area contributed by atoms with Crippen molar-refractivity contribution in [2.24, 2.45) is 0 Å². The standard InChI is InChI=1S/C14H19NO2S3/c1-14(2,20(3,16)17)10-15-13(11-6-4-8-18-11)12-7-5-9-19-12/h4-9,13,15H,10H2,1-3H3. The summed E-state index contributed by atoms with van der Waals surface area (Å²) >= 11 is 3.36. The molecule has 2 aromatic heterocycles. The molecule has 0 atom stereocenters. The molecule has 6 heteroatoms. The molecule has 0 amide bonds. The molecule has 0 saturated carbocycles. The summed E-state index contributed by atoms with van der Waals surface area (Å²) in [5.41, 5.74) is 0. The van der Waals surface area contributed by atoms with Gasteiger partial charge in [0, 0.05) is 22.6 Å². The van der Waals surface area contributed by atoms with Gasteiger partial charge in [0.2, 0.25) is 0 Å². The fourth-order valence-electron chi connectivity index (χ4n) is 1.73. The molecular weight excluding hydrogens is 310 g/mol. The highest BCUT2D eigenvalue weighted by atomic mass is 32.2. The maximum Gasteiger partial charge on any atom is 0.153 e. The molecule has 0 aromatic carbocycles. The first-order valence-electron chi connectivity index (χ1n) is 6.31. The van der Waals surface area contributed by atoms with Crippen molar-refractivity contribution < 1.29 is 8.42 Å². The Hall–Kier alpha value is -0.690. The molecule has 0 fully saturated rings.